The van der Waals surface area contributed by atoms with Gasteiger partial charge in [0, 0.05) is 23.1 Å². The summed E-state index contributed by atoms with van der Waals surface area (Å²) < 4.78 is 21.0. The van der Waals surface area contributed by atoms with Gasteiger partial charge in [0.05, 0.1) is 29.0 Å². The fourth-order valence-electron chi connectivity index (χ4n) is 5.21. The highest BCUT2D eigenvalue weighted by atomic mass is 19.1. The number of nitrogens with zero attached hydrogens (tertiary/aromatic N) is 2. The van der Waals surface area contributed by atoms with Gasteiger partial charge in [-0.25, -0.2) is 14.2 Å². The van der Waals surface area contributed by atoms with Crippen molar-refractivity contribution in [1.29, 1.82) is 0 Å². The van der Waals surface area contributed by atoms with E-state index in [1.807, 2.05) is 13.0 Å². The number of hydrogen-bond acceptors (Lipinski definition) is 5. The van der Waals surface area contributed by atoms with Crippen LogP contribution in [0.1, 0.15) is 59.2 Å². The third kappa shape index (κ3) is 2.93. The van der Waals surface area contributed by atoms with Crippen LogP contribution in [-0.2, 0) is 30.7 Å². The Bertz CT molecular complexity index is 1360. The average Bonchev–Trinajstić information content (AvgIpc) is 3.11. The van der Waals surface area contributed by atoms with Crippen LogP contribution < -0.4 is 11.3 Å². The van der Waals surface area contributed by atoms with Crippen molar-refractivity contribution in [1.82, 2.24) is 9.55 Å². The number of halogens is 1. The van der Waals surface area contributed by atoms with Crippen molar-refractivity contribution < 1.29 is 19.0 Å². The molecule has 0 amide bonds. The van der Waals surface area contributed by atoms with E-state index in [4.69, 9.17) is 20.6 Å². The molecule has 32 heavy (non-hydrogen) atoms. The summed E-state index contributed by atoms with van der Waals surface area (Å²) in [5.74, 6) is -0.287. The zero-order valence-electron chi connectivity index (χ0n) is 18.0. The molecule has 0 radical (unpaired) electrons. The number of carboxylic acid groups (broad SMARTS) is 1. The average molecular weight is 437 g/mol. The summed E-state index contributed by atoms with van der Waals surface area (Å²) in [5.41, 5.74) is 12.6. The van der Waals surface area contributed by atoms with Gasteiger partial charge >= 0.3 is 6.16 Å². The Morgan fingerprint density at radius 1 is 1.38 bits per heavy atom. The summed E-state index contributed by atoms with van der Waals surface area (Å²) in [6.07, 6.45) is 1.36. The molecule has 5 rings (SSSR count). The Morgan fingerprint density at radius 2 is 2.16 bits per heavy atom. The van der Waals surface area contributed by atoms with Gasteiger partial charge in [0.15, 0.2) is 0 Å². The normalized spacial score (nSPS) is 16.2. The molecule has 1 atom stereocenters. The number of pyridine rings is 2. The summed E-state index contributed by atoms with van der Waals surface area (Å²) in [6.45, 7) is 3.78. The van der Waals surface area contributed by atoms with Gasteiger partial charge in [-0.1, -0.05) is 13.3 Å². The molecule has 0 spiro atoms. The number of ether oxygens (including phenoxy) is 1. The lowest BCUT2D eigenvalue weighted by atomic mass is 9.82. The number of carbonyl (C=O) groups is 1. The van der Waals surface area contributed by atoms with Crippen LogP contribution >= 0.6 is 0 Å². The van der Waals surface area contributed by atoms with E-state index >= 15 is 0 Å². The molecule has 1 aliphatic carbocycles. The van der Waals surface area contributed by atoms with Crippen LogP contribution in [0, 0.1) is 12.7 Å². The van der Waals surface area contributed by atoms with Gasteiger partial charge < -0.3 is 20.1 Å². The predicted molar refractivity (Wildman–Crippen MR) is 117 cm³/mol. The predicted octanol–water partition coefficient (Wildman–Crippen LogP) is 3.97. The van der Waals surface area contributed by atoms with Gasteiger partial charge in [-0.3, -0.25) is 4.79 Å². The van der Waals surface area contributed by atoms with Gasteiger partial charge in [-0.05, 0) is 54.5 Å². The Morgan fingerprint density at radius 3 is 2.88 bits per heavy atom. The van der Waals surface area contributed by atoms with Gasteiger partial charge in [-0.2, -0.15) is 0 Å². The van der Waals surface area contributed by atoms with Crippen LogP contribution in [0.15, 0.2) is 16.9 Å². The molecule has 2 aromatic heterocycles. The van der Waals surface area contributed by atoms with Crippen LogP contribution in [0.2, 0.25) is 0 Å². The highest BCUT2D eigenvalue weighted by Crippen LogP contribution is 2.43. The Hall–Kier alpha value is -3.26. The van der Waals surface area contributed by atoms with Gasteiger partial charge in [-0.15, -0.1) is 0 Å². The number of hydrogen-bond donors (Lipinski definition) is 2. The van der Waals surface area contributed by atoms with Gasteiger partial charge in [0.1, 0.15) is 12.4 Å². The van der Waals surface area contributed by atoms with Crippen molar-refractivity contribution in [2.45, 2.75) is 58.7 Å². The molecule has 3 heterocycles. The smallest absolute Gasteiger partial charge is 0.450 e. The fourth-order valence-corrected chi connectivity index (χ4v) is 5.21. The molecule has 166 valence electrons. The summed E-state index contributed by atoms with van der Waals surface area (Å²) >= 11 is 0. The maximum Gasteiger partial charge on any atom is 0.506 e. The quantitative estimate of drug-likeness (QED) is 0.468. The van der Waals surface area contributed by atoms with Crippen LogP contribution in [-0.4, -0.2) is 20.8 Å². The molecule has 0 saturated heterocycles. The van der Waals surface area contributed by atoms with E-state index in [-0.39, 0.29) is 24.0 Å². The lowest BCUT2D eigenvalue weighted by Crippen LogP contribution is -2.26. The minimum atomic E-state index is -1.42. The number of nitrogens with two attached hydrogens (primary N) is 1. The van der Waals surface area contributed by atoms with Crippen molar-refractivity contribution in [2.24, 2.45) is 5.73 Å². The van der Waals surface area contributed by atoms with Crippen molar-refractivity contribution >= 4 is 17.1 Å². The molecule has 8 heteroatoms. The third-order valence-corrected chi connectivity index (χ3v) is 6.73. The van der Waals surface area contributed by atoms with Crippen molar-refractivity contribution in [3.05, 3.63) is 61.7 Å². The first kappa shape index (κ1) is 20.6. The van der Waals surface area contributed by atoms with E-state index in [2.05, 4.69) is 0 Å². The first-order valence-electron chi connectivity index (χ1n) is 10.8. The minimum Gasteiger partial charge on any atom is -0.450 e. The highest BCUT2D eigenvalue weighted by molar-refractivity contribution is 5.92. The molecule has 0 saturated carbocycles. The second kappa shape index (κ2) is 7.41. The number of fused-ring (bicyclic) bond motifs is 4. The van der Waals surface area contributed by atoms with E-state index in [0.29, 0.717) is 53.8 Å². The molecule has 7 nitrogen and oxygen atoms in total. The molecule has 2 aliphatic rings. The van der Waals surface area contributed by atoms with Crippen LogP contribution in [0.3, 0.4) is 0 Å². The lowest BCUT2D eigenvalue weighted by Gasteiger charge is -2.26. The van der Waals surface area contributed by atoms with Crippen molar-refractivity contribution in [2.75, 3.05) is 0 Å². The first-order valence-corrected chi connectivity index (χ1v) is 10.8. The molecular formula is C24H24FN3O4. The van der Waals surface area contributed by atoms with Crippen LogP contribution in [0.5, 0.6) is 0 Å². The molecule has 0 unspecified atom stereocenters. The summed E-state index contributed by atoms with van der Waals surface area (Å²) in [7, 11) is 0. The van der Waals surface area contributed by atoms with Crippen molar-refractivity contribution in [3.63, 3.8) is 0 Å². The highest BCUT2D eigenvalue weighted by Gasteiger charge is 2.33. The zero-order valence-corrected chi connectivity index (χ0v) is 18.0. The monoisotopic (exact) mass is 437 g/mol. The molecule has 0 bridgehead atoms. The summed E-state index contributed by atoms with van der Waals surface area (Å²) in [4.78, 5) is 29.1. The number of aryl methyl sites for hydroxylation is 2. The Kier molecular flexibility index (Phi) is 4.78. The van der Waals surface area contributed by atoms with Crippen LogP contribution in [0.25, 0.3) is 22.3 Å². The number of aromatic nitrogens is 2. The second-order valence-corrected chi connectivity index (χ2v) is 8.58. The summed E-state index contributed by atoms with van der Waals surface area (Å²) in [6, 6.07) is 3.13. The van der Waals surface area contributed by atoms with Gasteiger partial charge in [0.25, 0.3) is 5.56 Å². The van der Waals surface area contributed by atoms with E-state index in [0.717, 1.165) is 34.1 Å². The molecule has 1 aromatic carbocycles. The zero-order chi connectivity index (χ0) is 22.7. The lowest BCUT2D eigenvalue weighted by molar-refractivity contribution is 0.0847. The Labute approximate surface area is 183 Å². The number of rotatable bonds is 4. The number of benzene rings is 1. The second-order valence-electron chi connectivity index (χ2n) is 8.58. The van der Waals surface area contributed by atoms with Crippen LogP contribution in [0.4, 0.5) is 9.18 Å². The standard InChI is InChI=1S/C24H24FN3O4/c1-3-4-12-7-19-22-14(9-28(19)23(29)15(12)10-32-24(30)31)20-17(26)6-5-13-11(2)16(25)8-18(27-22)21(13)20/h7-8,17H,3-6,9-10,26H2,1-2H3,(H,30,31)/t17-/m0/s1. The van der Waals surface area contributed by atoms with Gasteiger partial charge in [0.2, 0.25) is 0 Å². The largest absolute Gasteiger partial charge is 0.506 e. The molecule has 3 N–H and O–H groups in total. The van der Waals surface area contributed by atoms with Crippen molar-refractivity contribution in [3.8, 4) is 11.4 Å². The topological polar surface area (TPSA) is 107 Å². The first-order chi connectivity index (χ1) is 15.3. The molecule has 0 fully saturated rings. The third-order valence-electron chi connectivity index (χ3n) is 6.73. The van der Waals surface area contributed by atoms with E-state index in [1.54, 1.807) is 11.5 Å². The molecule has 3 aromatic rings. The summed E-state index contributed by atoms with van der Waals surface area (Å²) in [5, 5.41) is 9.83. The minimum absolute atomic E-state index is 0.221. The van der Waals surface area contributed by atoms with E-state index < -0.39 is 6.16 Å². The van der Waals surface area contributed by atoms with E-state index in [9.17, 15) is 14.0 Å². The fraction of sp³-hybridized carbons (Fsp3) is 0.375. The molecular weight excluding hydrogens is 413 g/mol. The molecule has 1 aliphatic heterocycles. The maximum absolute atomic E-state index is 14.6. The Balaban J connectivity index is 1.78. The van der Waals surface area contributed by atoms with E-state index in [1.165, 1.54) is 6.07 Å². The maximum atomic E-state index is 14.6. The SMILES string of the molecule is CCCc1cc2n(c(=O)c1COC(=O)O)Cc1c-2nc2cc(F)c(C)c3c2c1[C@@H](N)CC3.